The number of rotatable bonds is 7. The van der Waals surface area contributed by atoms with Crippen molar-refractivity contribution in [3.05, 3.63) is 30.3 Å². The topological polar surface area (TPSA) is 75.6 Å². The largest absolute Gasteiger partial charge is 0.494 e. The number of aliphatic carboxylic acids is 1. The third-order valence-corrected chi connectivity index (χ3v) is 4.00. The molecule has 0 unspecified atom stereocenters. The maximum Gasteiger partial charge on any atom is 0.306 e. The average Bonchev–Trinajstić information content (AvgIpc) is 2.53. The van der Waals surface area contributed by atoms with Crippen LogP contribution in [0.25, 0.3) is 0 Å². The van der Waals surface area contributed by atoms with Crippen molar-refractivity contribution in [1.29, 1.82) is 0 Å². The van der Waals surface area contributed by atoms with Gasteiger partial charge in [-0.2, -0.15) is 0 Å². The minimum absolute atomic E-state index is 0.0236. The second-order valence-corrected chi connectivity index (χ2v) is 5.72. The van der Waals surface area contributed by atoms with Gasteiger partial charge in [-0.05, 0) is 44.2 Å². The summed E-state index contributed by atoms with van der Waals surface area (Å²) in [5.41, 5.74) is 0. The number of carboxylic acids is 1. The molecule has 1 aliphatic rings. The van der Waals surface area contributed by atoms with E-state index >= 15 is 0 Å². The summed E-state index contributed by atoms with van der Waals surface area (Å²) in [5.74, 6) is -0.124. The highest BCUT2D eigenvalue weighted by atomic mass is 16.5. The predicted octanol–water partition coefficient (Wildman–Crippen LogP) is 2.61. The molecule has 1 aromatic carbocycles. The third-order valence-electron chi connectivity index (χ3n) is 4.00. The Hall–Kier alpha value is -2.04. The molecule has 1 saturated carbocycles. The molecule has 0 aromatic heterocycles. The Balaban J connectivity index is 1.57. The summed E-state index contributed by atoms with van der Waals surface area (Å²) in [4.78, 5) is 22.7. The monoisotopic (exact) mass is 305 g/mol. The first-order chi connectivity index (χ1) is 10.6. The van der Waals surface area contributed by atoms with Gasteiger partial charge in [-0.15, -0.1) is 0 Å². The number of nitrogens with one attached hydrogen (secondary N) is 1. The van der Waals surface area contributed by atoms with Crippen LogP contribution < -0.4 is 10.1 Å². The number of benzene rings is 1. The van der Waals surface area contributed by atoms with Crippen molar-refractivity contribution >= 4 is 11.9 Å². The van der Waals surface area contributed by atoms with E-state index in [1.807, 2.05) is 30.3 Å². The highest BCUT2D eigenvalue weighted by molar-refractivity contribution is 5.76. The molecule has 0 atom stereocenters. The highest BCUT2D eigenvalue weighted by Gasteiger charge is 2.26. The van der Waals surface area contributed by atoms with Gasteiger partial charge in [0.05, 0.1) is 12.5 Å². The van der Waals surface area contributed by atoms with Gasteiger partial charge in [0.2, 0.25) is 5.91 Å². The first-order valence-corrected chi connectivity index (χ1v) is 7.85. The molecule has 22 heavy (non-hydrogen) atoms. The van der Waals surface area contributed by atoms with E-state index in [9.17, 15) is 9.59 Å². The van der Waals surface area contributed by atoms with Crippen molar-refractivity contribution in [1.82, 2.24) is 5.32 Å². The molecule has 1 fully saturated rings. The lowest BCUT2D eigenvalue weighted by atomic mass is 9.86. The van der Waals surface area contributed by atoms with E-state index < -0.39 is 5.97 Å². The maximum atomic E-state index is 11.9. The van der Waals surface area contributed by atoms with E-state index in [2.05, 4.69) is 5.32 Å². The van der Waals surface area contributed by atoms with Crippen LogP contribution in [-0.2, 0) is 9.59 Å². The quantitative estimate of drug-likeness (QED) is 0.759. The van der Waals surface area contributed by atoms with E-state index in [-0.39, 0.29) is 17.9 Å². The number of carboxylic acid groups (broad SMARTS) is 1. The van der Waals surface area contributed by atoms with Crippen molar-refractivity contribution in [2.45, 2.75) is 44.6 Å². The SMILES string of the molecule is O=C(CCCOc1ccccc1)NC1CCC(C(=O)O)CC1. The molecule has 5 nitrogen and oxygen atoms in total. The normalized spacial score (nSPS) is 21.1. The van der Waals surface area contributed by atoms with Gasteiger partial charge < -0.3 is 15.2 Å². The highest BCUT2D eigenvalue weighted by Crippen LogP contribution is 2.24. The summed E-state index contributed by atoms with van der Waals surface area (Å²) >= 11 is 0. The minimum Gasteiger partial charge on any atom is -0.494 e. The zero-order chi connectivity index (χ0) is 15.8. The van der Waals surface area contributed by atoms with Crippen LogP contribution in [0.4, 0.5) is 0 Å². The van der Waals surface area contributed by atoms with Crippen LogP contribution in [0.15, 0.2) is 30.3 Å². The molecule has 0 aliphatic heterocycles. The molecule has 5 heteroatoms. The molecule has 2 N–H and O–H groups in total. The number of carbonyl (C=O) groups excluding carboxylic acids is 1. The fraction of sp³-hybridized carbons (Fsp3) is 0.529. The van der Waals surface area contributed by atoms with Crippen LogP contribution in [0, 0.1) is 5.92 Å². The minimum atomic E-state index is -0.720. The molecule has 0 radical (unpaired) electrons. The summed E-state index contributed by atoms with van der Waals surface area (Å²) in [7, 11) is 0. The summed E-state index contributed by atoms with van der Waals surface area (Å²) < 4.78 is 5.54. The van der Waals surface area contributed by atoms with Gasteiger partial charge in [0, 0.05) is 12.5 Å². The predicted molar refractivity (Wildman–Crippen MR) is 82.7 cm³/mol. The van der Waals surface area contributed by atoms with Gasteiger partial charge in [0.25, 0.3) is 0 Å². The Morgan fingerprint density at radius 1 is 1.14 bits per heavy atom. The summed E-state index contributed by atoms with van der Waals surface area (Å²) in [5, 5.41) is 11.9. The number of hydrogen-bond donors (Lipinski definition) is 2. The van der Waals surface area contributed by atoms with Crippen LogP contribution in [-0.4, -0.2) is 29.6 Å². The Morgan fingerprint density at radius 2 is 1.82 bits per heavy atom. The average molecular weight is 305 g/mol. The molecule has 2 rings (SSSR count). The Morgan fingerprint density at radius 3 is 2.45 bits per heavy atom. The van der Waals surface area contributed by atoms with Crippen molar-refractivity contribution in [2.24, 2.45) is 5.92 Å². The zero-order valence-corrected chi connectivity index (χ0v) is 12.7. The van der Waals surface area contributed by atoms with Gasteiger partial charge in [0.15, 0.2) is 0 Å². The number of hydrogen-bond acceptors (Lipinski definition) is 3. The van der Waals surface area contributed by atoms with Gasteiger partial charge in [-0.25, -0.2) is 0 Å². The number of para-hydroxylation sites is 1. The van der Waals surface area contributed by atoms with Gasteiger partial charge in [-0.1, -0.05) is 18.2 Å². The Kier molecular flexibility index (Phi) is 6.25. The lowest BCUT2D eigenvalue weighted by Crippen LogP contribution is -2.38. The van der Waals surface area contributed by atoms with E-state index in [1.54, 1.807) is 0 Å². The van der Waals surface area contributed by atoms with E-state index in [1.165, 1.54) is 0 Å². The smallest absolute Gasteiger partial charge is 0.306 e. The molecule has 1 aliphatic carbocycles. The molecule has 1 aromatic rings. The molecule has 0 spiro atoms. The standard InChI is InChI=1S/C17H23NO4/c19-16(7-4-12-22-15-5-2-1-3-6-15)18-14-10-8-13(9-11-14)17(20)21/h1-3,5-6,13-14H,4,7-12H2,(H,18,19)(H,20,21). The second-order valence-electron chi connectivity index (χ2n) is 5.72. The molecule has 0 heterocycles. The fourth-order valence-electron chi connectivity index (χ4n) is 2.72. The Bertz CT molecular complexity index is 481. The first kappa shape index (κ1) is 16.3. The van der Waals surface area contributed by atoms with Crippen LogP contribution in [0.3, 0.4) is 0 Å². The van der Waals surface area contributed by atoms with Crippen LogP contribution >= 0.6 is 0 Å². The van der Waals surface area contributed by atoms with Crippen molar-refractivity contribution in [3.63, 3.8) is 0 Å². The van der Waals surface area contributed by atoms with Crippen LogP contribution in [0.5, 0.6) is 5.75 Å². The summed E-state index contributed by atoms with van der Waals surface area (Å²) in [6, 6.07) is 9.66. The summed E-state index contributed by atoms with van der Waals surface area (Å²) in [6.07, 6.45) is 3.91. The van der Waals surface area contributed by atoms with Gasteiger partial charge in [-0.3, -0.25) is 9.59 Å². The maximum absolute atomic E-state index is 11.9. The first-order valence-electron chi connectivity index (χ1n) is 7.85. The summed E-state index contributed by atoms with van der Waals surface area (Å²) in [6.45, 7) is 0.517. The second kappa shape index (κ2) is 8.41. The van der Waals surface area contributed by atoms with E-state index in [0.717, 1.165) is 18.6 Å². The molecule has 0 bridgehead atoms. The third kappa shape index (κ3) is 5.39. The fourth-order valence-corrected chi connectivity index (χ4v) is 2.72. The van der Waals surface area contributed by atoms with Crippen LogP contribution in [0.1, 0.15) is 38.5 Å². The number of carbonyl (C=O) groups is 2. The number of ether oxygens (including phenoxy) is 1. The molecule has 1 amide bonds. The van der Waals surface area contributed by atoms with Gasteiger partial charge >= 0.3 is 5.97 Å². The number of amides is 1. The van der Waals surface area contributed by atoms with E-state index in [0.29, 0.717) is 32.3 Å². The molecular formula is C17H23NO4. The lowest BCUT2D eigenvalue weighted by molar-refractivity contribution is -0.142. The zero-order valence-electron chi connectivity index (χ0n) is 12.7. The van der Waals surface area contributed by atoms with E-state index in [4.69, 9.17) is 9.84 Å². The molecule has 120 valence electrons. The van der Waals surface area contributed by atoms with Gasteiger partial charge in [0.1, 0.15) is 5.75 Å². The van der Waals surface area contributed by atoms with Crippen molar-refractivity contribution < 1.29 is 19.4 Å². The molecular weight excluding hydrogens is 282 g/mol. The van der Waals surface area contributed by atoms with Crippen molar-refractivity contribution in [3.8, 4) is 5.75 Å². The lowest BCUT2D eigenvalue weighted by Gasteiger charge is -2.26. The van der Waals surface area contributed by atoms with Crippen LogP contribution in [0.2, 0.25) is 0 Å². The molecule has 0 saturated heterocycles. The van der Waals surface area contributed by atoms with Crippen molar-refractivity contribution in [2.75, 3.05) is 6.61 Å². The Labute approximate surface area is 130 Å².